The highest BCUT2D eigenvalue weighted by Crippen LogP contribution is 2.42. The Hall–Kier alpha value is -12.8. The van der Waals surface area contributed by atoms with Crippen molar-refractivity contribution in [3.05, 3.63) is 381 Å². The third kappa shape index (κ3) is 11.9. The summed E-state index contributed by atoms with van der Waals surface area (Å²) >= 11 is 3.47. The molecule has 104 heavy (non-hydrogen) atoms. The van der Waals surface area contributed by atoms with Crippen LogP contribution in [-0.4, -0.2) is 26.3 Å². The first-order valence-electron chi connectivity index (χ1n) is 34.9. The maximum absolute atomic E-state index is 9.52. The summed E-state index contributed by atoms with van der Waals surface area (Å²) < 4.78 is 18.1. The van der Waals surface area contributed by atoms with Crippen molar-refractivity contribution in [2.45, 2.75) is 0 Å². The van der Waals surface area contributed by atoms with E-state index in [-0.39, 0.29) is 0 Å². The molecule has 16 aromatic carbocycles. The first-order valence-corrected chi connectivity index (χ1v) is 35.7. The lowest BCUT2D eigenvalue weighted by atomic mass is 9.80. The number of halogens is 1. The molecular formula is C96H64BBrN2O4. The van der Waals surface area contributed by atoms with E-state index in [1.165, 1.54) is 99.0 Å². The standard InChI is InChI=1S/C48H31NO.C30H22BNO2.C18H11BrO/c1-3-10-32(11-4-1)37-24-28-45-43(30-37)44-31-38(33-12-5-2-6-13-33)25-29-46(44)49(45)39-26-22-35(23-27-39)34-18-20-36(21-19-34)40-15-9-16-42-41-14-7-8-17-47(41)50-48(40)42;33-31(34)25-13-15-26(16-14-25)32-29-17-11-23(21-7-3-1-4-8-21)19-27(29)28-20-24(12-18-30(28)32)22-9-5-2-6-10-22;19-13-10-8-12(9-11-13)14-5-3-6-16-15-4-1-2-7-17(15)20-18(14)16/h1-31H;1-20,33-34H;1-11H. The van der Waals surface area contributed by atoms with E-state index in [2.05, 4.69) is 334 Å². The van der Waals surface area contributed by atoms with Gasteiger partial charge in [-0.05, 0) is 169 Å². The maximum Gasteiger partial charge on any atom is 0.488 e. The average molecular weight is 1400 g/mol. The fraction of sp³-hybridized carbons (Fsp3) is 0. The summed E-state index contributed by atoms with van der Waals surface area (Å²) in [5, 5.41) is 28.5. The SMILES string of the molecule is Brc1ccc(-c2cccc3c2oc2ccccc23)cc1.OB(O)c1ccc(-n2c3ccc(-c4ccccc4)cc3c3cc(-c4ccccc4)ccc32)cc1.c1ccc(-c2ccc3c(c2)c2cc(-c4ccccc4)ccc2n3-c2ccc(-c3ccc(-c4cccc5c4oc4ccccc45)cc3)cc2)cc1. The number of para-hydroxylation sites is 4. The van der Waals surface area contributed by atoms with Crippen molar-refractivity contribution < 1.29 is 18.9 Å². The van der Waals surface area contributed by atoms with Crippen molar-refractivity contribution in [1.82, 2.24) is 9.13 Å². The molecule has 0 unspecified atom stereocenters. The van der Waals surface area contributed by atoms with E-state index in [9.17, 15) is 10.0 Å². The molecule has 0 aliphatic heterocycles. The van der Waals surface area contributed by atoms with Crippen LogP contribution in [0.25, 0.3) is 177 Å². The van der Waals surface area contributed by atoms with E-state index in [1.807, 2.05) is 54.6 Å². The molecule has 4 aromatic heterocycles. The molecule has 0 amide bonds. The molecule has 0 aliphatic rings. The van der Waals surface area contributed by atoms with Gasteiger partial charge in [0.15, 0.2) is 0 Å². The number of furan rings is 2. The van der Waals surface area contributed by atoms with Gasteiger partial charge in [0.05, 0.1) is 22.1 Å². The third-order valence-corrected chi connectivity index (χ3v) is 20.6. The summed E-state index contributed by atoms with van der Waals surface area (Å²) in [6.07, 6.45) is 0. The van der Waals surface area contributed by atoms with Crippen LogP contribution in [0.5, 0.6) is 0 Å². The fourth-order valence-electron chi connectivity index (χ4n) is 14.9. The Balaban J connectivity index is 0.000000122. The van der Waals surface area contributed by atoms with Crippen molar-refractivity contribution in [1.29, 1.82) is 0 Å². The maximum atomic E-state index is 9.52. The van der Waals surface area contributed by atoms with Crippen LogP contribution in [-0.2, 0) is 0 Å². The Morgan fingerprint density at radius 1 is 0.231 bits per heavy atom. The number of hydrogen-bond donors (Lipinski definition) is 2. The number of rotatable bonds is 10. The van der Waals surface area contributed by atoms with E-state index in [1.54, 1.807) is 12.1 Å². The molecule has 0 atom stereocenters. The minimum Gasteiger partial charge on any atom is -0.455 e. The normalized spacial score (nSPS) is 11.4. The van der Waals surface area contributed by atoms with Crippen LogP contribution in [0.2, 0.25) is 0 Å². The molecule has 0 bridgehead atoms. The first-order chi connectivity index (χ1) is 51.3. The predicted octanol–water partition coefficient (Wildman–Crippen LogP) is 25.2. The van der Waals surface area contributed by atoms with Crippen molar-refractivity contribution in [3.63, 3.8) is 0 Å². The number of aromatic nitrogens is 2. The first kappa shape index (κ1) is 63.4. The Kier molecular flexibility index (Phi) is 16.6. The zero-order valence-corrected chi connectivity index (χ0v) is 57.9. The Morgan fingerprint density at radius 2 is 0.510 bits per heavy atom. The number of hydrogen-bond acceptors (Lipinski definition) is 4. The lowest BCUT2D eigenvalue weighted by molar-refractivity contribution is 0.426. The third-order valence-electron chi connectivity index (χ3n) is 20.0. The van der Waals surface area contributed by atoms with Gasteiger partial charge in [-0.2, -0.15) is 0 Å². The second kappa shape index (κ2) is 27.3. The fourth-order valence-corrected chi connectivity index (χ4v) is 15.1. The second-order valence-corrected chi connectivity index (χ2v) is 27.1. The van der Waals surface area contributed by atoms with Gasteiger partial charge in [-0.3, -0.25) is 0 Å². The summed E-state index contributed by atoms with van der Waals surface area (Å²) in [5.41, 5.74) is 27.5. The molecular weight excluding hydrogens is 1340 g/mol. The van der Waals surface area contributed by atoms with E-state index in [0.29, 0.717) is 5.46 Å². The van der Waals surface area contributed by atoms with Crippen LogP contribution in [0.4, 0.5) is 0 Å². The van der Waals surface area contributed by atoms with Crippen LogP contribution in [0, 0.1) is 0 Å². The summed E-state index contributed by atoms with van der Waals surface area (Å²) in [4.78, 5) is 0. The quantitative estimate of drug-likeness (QED) is 0.134. The van der Waals surface area contributed by atoms with Gasteiger partial charge in [-0.25, -0.2) is 0 Å². The molecule has 20 aromatic rings. The molecule has 0 saturated heterocycles. The molecule has 20 rings (SSSR count). The van der Waals surface area contributed by atoms with Crippen LogP contribution < -0.4 is 5.46 Å². The number of nitrogens with zero attached hydrogens (tertiary/aromatic N) is 2. The molecule has 0 aliphatic carbocycles. The average Bonchev–Trinajstić information content (AvgIpc) is 1.59. The Labute approximate surface area is 609 Å². The lowest BCUT2D eigenvalue weighted by Gasteiger charge is -2.11. The minimum atomic E-state index is -1.48. The van der Waals surface area contributed by atoms with Crippen molar-refractivity contribution in [2.75, 3.05) is 0 Å². The summed E-state index contributed by atoms with van der Waals surface area (Å²) in [6.45, 7) is 0. The molecule has 0 fully saturated rings. The zero-order chi connectivity index (χ0) is 69.6. The summed E-state index contributed by atoms with van der Waals surface area (Å²) in [6, 6.07) is 132. The smallest absolute Gasteiger partial charge is 0.455 e. The van der Waals surface area contributed by atoms with Gasteiger partial charge in [-0.1, -0.05) is 295 Å². The van der Waals surface area contributed by atoms with Crippen LogP contribution in [0.1, 0.15) is 0 Å². The Morgan fingerprint density at radius 3 is 0.865 bits per heavy atom. The second-order valence-electron chi connectivity index (χ2n) is 26.2. The molecule has 0 spiro atoms. The topological polar surface area (TPSA) is 76.6 Å². The summed E-state index contributed by atoms with van der Waals surface area (Å²) in [7, 11) is -1.48. The zero-order valence-electron chi connectivity index (χ0n) is 56.4. The predicted molar refractivity (Wildman–Crippen MR) is 438 cm³/mol. The molecule has 8 heteroatoms. The van der Waals surface area contributed by atoms with Gasteiger partial charge in [0.25, 0.3) is 0 Å². The van der Waals surface area contributed by atoms with E-state index in [0.717, 1.165) is 82.2 Å². The minimum absolute atomic E-state index is 0.474. The molecule has 4 heterocycles. The van der Waals surface area contributed by atoms with Gasteiger partial charge >= 0.3 is 7.12 Å². The van der Waals surface area contributed by atoms with Gasteiger partial charge in [0.1, 0.15) is 22.3 Å². The Bertz CT molecular complexity index is 6330. The molecule has 2 N–H and O–H groups in total. The number of benzene rings is 16. The van der Waals surface area contributed by atoms with Crippen molar-refractivity contribution in [3.8, 4) is 89.3 Å². The largest absolute Gasteiger partial charge is 0.488 e. The summed E-state index contributed by atoms with van der Waals surface area (Å²) in [5.74, 6) is 0. The van der Waals surface area contributed by atoms with Crippen molar-refractivity contribution in [2.24, 2.45) is 0 Å². The van der Waals surface area contributed by atoms with E-state index in [4.69, 9.17) is 8.83 Å². The van der Waals surface area contributed by atoms with Gasteiger partial charge < -0.3 is 28.0 Å². The molecule has 492 valence electrons. The van der Waals surface area contributed by atoms with Crippen molar-refractivity contribution >= 4 is 116 Å². The van der Waals surface area contributed by atoms with Gasteiger partial charge in [0, 0.05) is 70.1 Å². The van der Waals surface area contributed by atoms with Crippen LogP contribution in [0.15, 0.2) is 389 Å². The number of fused-ring (bicyclic) bond motifs is 12. The van der Waals surface area contributed by atoms with Gasteiger partial charge in [-0.15, -0.1) is 0 Å². The highest BCUT2D eigenvalue weighted by atomic mass is 79.9. The van der Waals surface area contributed by atoms with Crippen LogP contribution in [0.3, 0.4) is 0 Å². The van der Waals surface area contributed by atoms with E-state index >= 15 is 0 Å². The molecule has 0 saturated carbocycles. The highest BCUT2D eigenvalue weighted by molar-refractivity contribution is 9.10. The van der Waals surface area contributed by atoms with Crippen LogP contribution >= 0.6 is 15.9 Å². The van der Waals surface area contributed by atoms with E-state index < -0.39 is 7.12 Å². The molecule has 6 nitrogen and oxygen atoms in total. The monoisotopic (exact) mass is 1400 g/mol. The highest BCUT2D eigenvalue weighted by Gasteiger charge is 2.20. The lowest BCUT2D eigenvalue weighted by Crippen LogP contribution is -2.29. The van der Waals surface area contributed by atoms with Gasteiger partial charge in [0.2, 0.25) is 0 Å². The molecule has 0 radical (unpaired) electrons.